The second-order valence-electron chi connectivity index (χ2n) is 3.18. The number of hydrogen-bond donors (Lipinski definition) is 3. The monoisotopic (exact) mass is 241 g/mol. The molecule has 1 aromatic rings. The van der Waals surface area contributed by atoms with Crippen LogP contribution in [0.4, 0.5) is 0 Å². The fourth-order valence-electron chi connectivity index (χ4n) is 1.26. The molecule has 1 aromatic heterocycles. The number of nitrogens with zero attached hydrogens (tertiary/aromatic N) is 1. The number of esters is 1. The average molecular weight is 241 g/mol. The van der Waals surface area contributed by atoms with Gasteiger partial charge in [0.1, 0.15) is 6.10 Å². The fourth-order valence-corrected chi connectivity index (χ4v) is 1.26. The Bertz CT molecular complexity index is 433. The lowest BCUT2D eigenvalue weighted by molar-refractivity contribution is -0.156. The number of carboxylic acids is 1. The van der Waals surface area contributed by atoms with Gasteiger partial charge in [0.05, 0.1) is 12.7 Å². The summed E-state index contributed by atoms with van der Waals surface area (Å²) in [5.41, 5.74) is -0.395. The highest BCUT2D eigenvalue weighted by atomic mass is 16.5. The molecule has 0 saturated carbocycles. The van der Waals surface area contributed by atoms with Gasteiger partial charge in [-0.1, -0.05) is 0 Å². The molecule has 0 radical (unpaired) electrons. The summed E-state index contributed by atoms with van der Waals surface area (Å²) in [4.78, 5) is 25.5. The zero-order chi connectivity index (χ0) is 13.0. The van der Waals surface area contributed by atoms with E-state index in [0.29, 0.717) is 0 Å². The number of aliphatic hydroxyl groups excluding tert-OH is 2. The Morgan fingerprint density at radius 3 is 2.59 bits per heavy atom. The van der Waals surface area contributed by atoms with Gasteiger partial charge in [0.25, 0.3) is 0 Å². The van der Waals surface area contributed by atoms with E-state index in [9.17, 15) is 19.8 Å². The highest BCUT2D eigenvalue weighted by Crippen LogP contribution is 2.20. The second-order valence-corrected chi connectivity index (χ2v) is 3.18. The molecule has 0 aromatic carbocycles. The normalized spacial score (nSPS) is 13.8. The standard InChI is InChI=1S/C10H11NO6/c1-17-10(16)8(13)7(12)6-4-11-3-2-5(6)9(14)15/h2-4,7-8,12-13H,1H3,(H,14,15). The van der Waals surface area contributed by atoms with Crippen LogP contribution in [0.3, 0.4) is 0 Å². The smallest absolute Gasteiger partial charge is 0.337 e. The lowest BCUT2D eigenvalue weighted by Crippen LogP contribution is -2.30. The Morgan fingerprint density at radius 1 is 1.41 bits per heavy atom. The zero-order valence-electron chi connectivity index (χ0n) is 8.90. The molecule has 0 bridgehead atoms. The third kappa shape index (κ3) is 2.77. The molecule has 0 aliphatic carbocycles. The quantitative estimate of drug-likeness (QED) is 0.599. The van der Waals surface area contributed by atoms with Gasteiger partial charge in [0.2, 0.25) is 0 Å². The number of aliphatic hydroxyl groups is 2. The van der Waals surface area contributed by atoms with E-state index < -0.39 is 24.1 Å². The van der Waals surface area contributed by atoms with E-state index in [1.54, 1.807) is 0 Å². The van der Waals surface area contributed by atoms with Gasteiger partial charge in [0, 0.05) is 18.0 Å². The third-order valence-electron chi connectivity index (χ3n) is 2.14. The number of carbonyl (C=O) groups is 2. The lowest BCUT2D eigenvalue weighted by Gasteiger charge is -2.17. The molecule has 92 valence electrons. The van der Waals surface area contributed by atoms with E-state index >= 15 is 0 Å². The van der Waals surface area contributed by atoms with Crippen molar-refractivity contribution in [1.82, 2.24) is 4.98 Å². The number of hydrogen-bond acceptors (Lipinski definition) is 6. The molecule has 0 spiro atoms. The Morgan fingerprint density at radius 2 is 2.06 bits per heavy atom. The maximum absolute atomic E-state index is 11.0. The third-order valence-corrected chi connectivity index (χ3v) is 2.14. The Balaban J connectivity index is 3.07. The Hall–Kier alpha value is -1.99. The van der Waals surface area contributed by atoms with Crippen molar-refractivity contribution in [3.8, 4) is 0 Å². The van der Waals surface area contributed by atoms with E-state index in [4.69, 9.17) is 5.11 Å². The van der Waals surface area contributed by atoms with Crippen molar-refractivity contribution in [3.05, 3.63) is 29.6 Å². The lowest BCUT2D eigenvalue weighted by atomic mass is 10.0. The number of ether oxygens (including phenoxy) is 1. The van der Waals surface area contributed by atoms with Gasteiger partial charge in [-0.05, 0) is 6.07 Å². The van der Waals surface area contributed by atoms with Crippen LogP contribution in [0.5, 0.6) is 0 Å². The van der Waals surface area contributed by atoms with Gasteiger partial charge in [-0.25, -0.2) is 9.59 Å². The predicted octanol–water partition coefficient (Wildman–Crippen LogP) is -0.653. The van der Waals surface area contributed by atoms with E-state index in [-0.39, 0.29) is 11.1 Å². The topological polar surface area (TPSA) is 117 Å². The first kappa shape index (κ1) is 13.1. The van der Waals surface area contributed by atoms with E-state index in [2.05, 4.69) is 9.72 Å². The minimum atomic E-state index is -1.86. The Kier molecular flexibility index (Phi) is 4.13. The first-order chi connectivity index (χ1) is 7.99. The number of carbonyl (C=O) groups excluding carboxylic acids is 1. The minimum Gasteiger partial charge on any atom is -0.478 e. The molecule has 0 aliphatic heterocycles. The van der Waals surface area contributed by atoms with Crippen LogP contribution in [-0.2, 0) is 9.53 Å². The first-order valence-electron chi connectivity index (χ1n) is 4.60. The van der Waals surface area contributed by atoms with E-state index in [1.807, 2.05) is 0 Å². The summed E-state index contributed by atoms with van der Waals surface area (Å²) in [6.45, 7) is 0. The first-order valence-corrected chi connectivity index (χ1v) is 4.60. The zero-order valence-corrected chi connectivity index (χ0v) is 8.90. The van der Waals surface area contributed by atoms with Crippen molar-refractivity contribution in [2.45, 2.75) is 12.2 Å². The van der Waals surface area contributed by atoms with Crippen LogP contribution < -0.4 is 0 Å². The van der Waals surface area contributed by atoms with Crippen molar-refractivity contribution in [2.75, 3.05) is 7.11 Å². The molecule has 7 nitrogen and oxygen atoms in total. The molecule has 2 atom stereocenters. The SMILES string of the molecule is COC(=O)C(O)C(O)c1cnccc1C(=O)O. The summed E-state index contributed by atoms with van der Waals surface area (Å²) in [6.07, 6.45) is -1.27. The molecule has 0 fully saturated rings. The number of pyridine rings is 1. The van der Waals surface area contributed by atoms with Crippen LogP contribution in [-0.4, -0.2) is 45.5 Å². The largest absolute Gasteiger partial charge is 0.478 e. The average Bonchev–Trinajstić information content (AvgIpc) is 2.35. The van der Waals surface area contributed by atoms with Crippen molar-refractivity contribution >= 4 is 11.9 Å². The van der Waals surface area contributed by atoms with E-state index in [0.717, 1.165) is 19.4 Å². The molecule has 1 rings (SSSR count). The van der Waals surface area contributed by atoms with Crippen LogP contribution in [0.15, 0.2) is 18.5 Å². The molecule has 0 saturated heterocycles. The summed E-state index contributed by atoms with van der Waals surface area (Å²) in [5.74, 6) is -2.35. The molecule has 0 amide bonds. The molecule has 3 N–H and O–H groups in total. The van der Waals surface area contributed by atoms with Crippen molar-refractivity contribution in [2.24, 2.45) is 0 Å². The van der Waals surface area contributed by atoms with E-state index in [1.165, 1.54) is 6.20 Å². The van der Waals surface area contributed by atoms with Gasteiger partial charge >= 0.3 is 11.9 Å². The molecule has 0 aliphatic rings. The highest BCUT2D eigenvalue weighted by molar-refractivity contribution is 5.89. The van der Waals surface area contributed by atoms with Gasteiger partial charge in [-0.2, -0.15) is 0 Å². The molecular weight excluding hydrogens is 230 g/mol. The molecule has 1 heterocycles. The molecule has 7 heteroatoms. The number of aromatic carboxylic acids is 1. The number of rotatable bonds is 4. The van der Waals surface area contributed by atoms with Crippen LogP contribution in [0.1, 0.15) is 22.0 Å². The van der Waals surface area contributed by atoms with Crippen LogP contribution in [0, 0.1) is 0 Å². The predicted molar refractivity (Wildman–Crippen MR) is 54.2 cm³/mol. The number of aromatic nitrogens is 1. The van der Waals surface area contributed by atoms with Gasteiger partial charge in [-0.15, -0.1) is 0 Å². The van der Waals surface area contributed by atoms with Crippen molar-refractivity contribution < 1.29 is 29.6 Å². The van der Waals surface area contributed by atoms with Crippen molar-refractivity contribution in [3.63, 3.8) is 0 Å². The van der Waals surface area contributed by atoms with Crippen LogP contribution in [0.2, 0.25) is 0 Å². The minimum absolute atomic E-state index is 0.155. The maximum Gasteiger partial charge on any atom is 0.337 e. The van der Waals surface area contributed by atoms with Gasteiger partial charge < -0.3 is 20.1 Å². The summed E-state index contributed by atoms with van der Waals surface area (Å²) < 4.78 is 4.24. The van der Waals surface area contributed by atoms with Gasteiger partial charge in [0.15, 0.2) is 6.10 Å². The summed E-state index contributed by atoms with van der Waals surface area (Å²) >= 11 is 0. The van der Waals surface area contributed by atoms with Gasteiger partial charge in [-0.3, -0.25) is 4.98 Å². The summed E-state index contributed by atoms with van der Waals surface area (Å²) in [5, 5.41) is 27.9. The Labute approximate surface area is 96.3 Å². The summed E-state index contributed by atoms with van der Waals surface area (Å²) in [6, 6.07) is 1.16. The molecule has 17 heavy (non-hydrogen) atoms. The fraction of sp³-hybridized carbons (Fsp3) is 0.300. The number of methoxy groups -OCH3 is 1. The van der Waals surface area contributed by atoms with Crippen molar-refractivity contribution in [1.29, 1.82) is 0 Å². The maximum atomic E-state index is 11.0. The van der Waals surface area contributed by atoms with Crippen LogP contribution >= 0.6 is 0 Å². The molecular formula is C10H11NO6. The second kappa shape index (κ2) is 5.37. The van der Waals surface area contributed by atoms with Crippen LogP contribution in [0.25, 0.3) is 0 Å². The summed E-state index contributed by atoms with van der Waals surface area (Å²) in [7, 11) is 1.04. The molecule has 2 unspecified atom stereocenters. The number of carboxylic acid groups (broad SMARTS) is 1. The highest BCUT2D eigenvalue weighted by Gasteiger charge is 2.29.